The van der Waals surface area contributed by atoms with Gasteiger partial charge in [-0.3, -0.25) is 4.79 Å². The third-order valence-corrected chi connectivity index (χ3v) is 7.91. The SMILES string of the molecule is CCOC(=O)CC1c2ccccc2CCN1S(=O)(=O)c1ccc2oc(C(=O)OCC)c(C)c2c1. The van der Waals surface area contributed by atoms with Gasteiger partial charge in [0.05, 0.1) is 30.6 Å². The van der Waals surface area contributed by atoms with E-state index < -0.39 is 28.0 Å². The van der Waals surface area contributed by atoms with Crippen molar-refractivity contribution in [2.24, 2.45) is 0 Å². The second-order valence-corrected chi connectivity index (χ2v) is 9.91. The molecule has 34 heavy (non-hydrogen) atoms. The molecule has 4 rings (SSSR count). The average Bonchev–Trinajstić information content (AvgIpc) is 3.15. The van der Waals surface area contributed by atoms with E-state index in [1.807, 2.05) is 24.3 Å². The first-order valence-corrected chi connectivity index (χ1v) is 12.7. The standard InChI is InChI=1S/C25H27NO7S/c1-4-31-23(27)15-21-19-9-7-6-8-17(19)12-13-26(21)34(29,30)18-10-11-22-20(14-18)16(3)24(33-22)25(28)32-5-2/h6-11,14,21H,4-5,12-13,15H2,1-3H3. The molecule has 0 fully saturated rings. The van der Waals surface area contributed by atoms with Gasteiger partial charge in [0.15, 0.2) is 0 Å². The van der Waals surface area contributed by atoms with E-state index in [-0.39, 0.29) is 36.8 Å². The van der Waals surface area contributed by atoms with Gasteiger partial charge in [0.2, 0.25) is 15.8 Å². The molecular formula is C25H27NO7S. The summed E-state index contributed by atoms with van der Waals surface area (Å²) in [7, 11) is -3.98. The maximum absolute atomic E-state index is 13.8. The number of ether oxygens (including phenoxy) is 2. The number of esters is 2. The summed E-state index contributed by atoms with van der Waals surface area (Å²) < 4.78 is 44.8. The number of hydrogen-bond acceptors (Lipinski definition) is 7. The third kappa shape index (κ3) is 4.33. The molecule has 0 saturated carbocycles. The number of carbonyl (C=O) groups excluding carboxylic acids is 2. The van der Waals surface area contributed by atoms with Gasteiger partial charge in [0.25, 0.3) is 0 Å². The molecule has 180 valence electrons. The van der Waals surface area contributed by atoms with Crippen LogP contribution in [0.15, 0.2) is 51.8 Å². The van der Waals surface area contributed by atoms with E-state index in [1.165, 1.54) is 22.5 Å². The molecule has 0 spiro atoms. The average molecular weight is 486 g/mol. The minimum atomic E-state index is -3.98. The van der Waals surface area contributed by atoms with Crippen LogP contribution in [0.25, 0.3) is 11.0 Å². The molecule has 2 heterocycles. The van der Waals surface area contributed by atoms with Crippen molar-refractivity contribution in [1.29, 1.82) is 0 Å². The maximum Gasteiger partial charge on any atom is 0.374 e. The Bertz CT molecular complexity index is 1340. The Hall–Kier alpha value is -3.17. The van der Waals surface area contributed by atoms with Crippen LogP contribution in [0.4, 0.5) is 0 Å². The molecule has 3 aromatic rings. The van der Waals surface area contributed by atoms with E-state index >= 15 is 0 Å². The number of hydrogen-bond donors (Lipinski definition) is 0. The molecule has 0 saturated heterocycles. The van der Waals surface area contributed by atoms with E-state index in [1.54, 1.807) is 20.8 Å². The maximum atomic E-state index is 13.8. The number of fused-ring (bicyclic) bond motifs is 2. The van der Waals surface area contributed by atoms with Gasteiger partial charge in [-0.25, -0.2) is 13.2 Å². The highest BCUT2D eigenvalue weighted by Crippen LogP contribution is 2.37. The van der Waals surface area contributed by atoms with E-state index in [0.29, 0.717) is 23.0 Å². The summed E-state index contributed by atoms with van der Waals surface area (Å²) in [6, 6.07) is 11.4. The molecule has 0 N–H and O–H groups in total. The van der Waals surface area contributed by atoms with Crippen LogP contribution < -0.4 is 0 Å². The summed E-state index contributed by atoms with van der Waals surface area (Å²) in [6.45, 7) is 5.76. The Labute approximate surface area is 198 Å². The van der Waals surface area contributed by atoms with Crippen molar-refractivity contribution in [2.45, 2.75) is 44.6 Å². The molecule has 0 bridgehead atoms. The zero-order valence-electron chi connectivity index (χ0n) is 19.4. The van der Waals surface area contributed by atoms with Crippen molar-refractivity contribution in [3.8, 4) is 0 Å². The van der Waals surface area contributed by atoms with Crippen LogP contribution in [-0.2, 0) is 30.7 Å². The van der Waals surface area contributed by atoms with Crippen LogP contribution in [0.3, 0.4) is 0 Å². The van der Waals surface area contributed by atoms with Gasteiger partial charge in [0, 0.05) is 17.5 Å². The van der Waals surface area contributed by atoms with Gasteiger partial charge < -0.3 is 13.9 Å². The molecule has 0 amide bonds. The van der Waals surface area contributed by atoms with Crippen molar-refractivity contribution in [3.63, 3.8) is 0 Å². The van der Waals surface area contributed by atoms with Crippen molar-refractivity contribution >= 4 is 32.9 Å². The highest BCUT2D eigenvalue weighted by atomic mass is 32.2. The van der Waals surface area contributed by atoms with Crippen LogP contribution in [0.2, 0.25) is 0 Å². The Kier molecular flexibility index (Phi) is 6.77. The molecule has 1 aliphatic heterocycles. The first kappa shape index (κ1) is 24.0. The largest absolute Gasteiger partial charge is 0.466 e. The van der Waals surface area contributed by atoms with Crippen molar-refractivity contribution in [2.75, 3.05) is 19.8 Å². The van der Waals surface area contributed by atoms with E-state index in [4.69, 9.17) is 13.9 Å². The summed E-state index contributed by atoms with van der Waals surface area (Å²) in [5, 5.41) is 0.517. The van der Waals surface area contributed by atoms with Gasteiger partial charge in [0.1, 0.15) is 5.58 Å². The van der Waals surface area contributed by atoms with E-state index in [0.717, 1.165) is 11.1 Å². The highest BCUT2D eigenvalue weighted by molar-refractivity contribution is 7.89. The zero-order valence-corrected chi connectivity index (χ0v) is 20.2. The molecule has 2 aromatic carbocycles. The summed E-state index contributed by atoms with van der Waals surface area (Å²) in [4.78, 5) is 24.6. The lowest BCUT2D eigenvalue weighted by molar-refractivity contribution is -0.144. The number of benzene rings is 2. The first-order valence-electron chi connectivity index (χ1n) is 11.2. The minimum Gasteiger partial charge on any atom is -0.466 e. The summed E-state index contributed by atoms with van der Waals surface area (Å²) in [6.07, 6.45) is 0.457. The molecule has 1 aliphatic rings. The Morgan fingerprint density at radius 3 is 2.56 bits per heavy atom. The Morgan fingerprint density at radius 1 is 1.09 bits per heavy atom. The van der Waals surface area contributed by atoms with Crippen LogP contribution in [0, 0.1) is 6.92 Å². The zero-order chi connectivity index (χ0) is 24.5. The number of furan rings is 1. The summed E-state index contributed by atoms with van der Waals surface area (Å²) in [5.74, 6) is -0.995. The van der Waals surface area contributed by atoms with Gasteiger partial charge in [-0.1, -0.05) is 24.3 Å². The fraction of sp³-hybridized carbons (Fsp3) is 0.360. The number of sulfonamides is 1. The number of nitrogens with zero attached hydrogens (tertiary/aromatic N) is 1. The molecule has 1 aromatic heterocycles. The van der Waals surface area contributed by atoms with Gasteiger partial charge in [-0.2, -0.15) is 4.31 Å². The summed E-state index contributed by atoms with van der Waals surface area (Å²) in [5.41, 5.74) is 2.73. The third-order valence-electron chi connectivity index (χ3n) is 6.00. The number of carbonyl (C=O) groups is 2. The van der Waals surface area contributed by atoms with E-state index in [9.17, 15) is 18.0 Å². The fourth-order valence-corrected chi connectivity index (χ4v) is 6.03. The minimum absolute atomic E-state index is 0.0542. The van der Waals surface area contributed by atoms with Crippen molar-refractivity contribution in [1.82, 2.24) is 4.31 Å². The van der Waals surface area contributed by atoms with Crippen molar-refractivity contribution in [3.05, 3.63) is 64.9 Å². The van der Waals surface area contributed by atoms with Crippen LogP contribution in [0.1, 0.15) is 53.6 Å². The highest BCUT2D eigenvalue weighted by Gasteiger charge is 2.38. The molecular weight excluding hydrogens is 458 g/mol. The lowest BCUT2D eigenvalue weighted by Crippen LogP contribution is -2.41. The monoisotopic (exact) mass is 485 g/mol. The van der Waals surface area contributed by atoms with Crippen LogP contribution >= 0.6 is 0 Å². The quantitative estimate of drug-likeness (QED) is 0.463. The topological polar surface area (TPSA) is 103 Å². The van der Waals surface area contributed by atoms with Gasteiger partial charge in [-0.15, -0.1) is 0 Å². The molecule has 1 unspecified atom stereocenters. The molecule has 8 nitrogen and oxygen atoms in total. The molecule has 0 aliphatic carbocycles. The van der Waals surface area contributed by atoms with Crippen molar-refractivity contribution < 1.29 is 31.9 Å². The predicted octanol–water partition coefficient (Wildman–Crippen LogP) is 4.16. The van der Waals surface area contributed by atoms with Crippen LogP contribution in [0.5, 0.6) is 0 Å². The first-order chi connectivity index (χ1) is 16.3. The molecule has 1 atom stereocenters. The summed E-state index contributed by atoms with van der Waals surface area (Å²) >= 11 is 0. The number of aryl methyl sites for hydroxylation is 1. The lowest BCUT2D eigenvalue weighted by atomic mass is 9.92. The Morgan fingerprint density at radius 2 is 1.82 bits per heavy atom. The Balaban J connectivity index is 1.75. The lowest BCUT2D eigenvalue weighted by Gasteiger charge is -2.36. The van der Waals surface area contributed by atoms with Gasteiger partial charge in [-0.05, 0) is 56.5 Å². The smallest absolute Gasteiger partial charge is 0.374 e. The number of rotatable bonds is 7. The van der Waals surface area contributed by atoms with Crippen LogP contribution in [-0.4, -0.2) is 44.4 Å². The second kappa shape index (κ2) is 9.60. The predicted molar refractivity (Wildman–Crippen MR) is 125 cm³/mol. The molecule has 9 heteroatoms. The normalized spacial score (nSPS) is 16.3. The second-order valence-electron chi connectivity index (χ2n) is 8.02. The van der Waals surface area contributed by atoms with E-state index in [2.05, 4.69) is 0 Å². The van der Waals surface area contributed by atoms with Gasteiger partial charge >= 0.3 is 11.9 Å². The molecule has 0 radical (unpaired) electrons. The fourth-order valence-electron chi connectivity index (χ4n) is 4.39.